The highest BCUT2D eigenvalue weighted by molar-refractivity contribution is 7.98. The van der Waals surface area contributed by atoms with Gasteiger partial charge in [-0.05, 0) is 36.1 Å². The van der Waals surface area contributed by atoms with Gasteiger partial charge in [-0.25, -0.2) is 0 Å². The third-order valence-electron chi connectivity index (χ3n) is 1.73. The topological polar surface area (TPSA) is 9.23 Å². The molecule has 0 aliphatic carbocycles. The Morgan fingerprint density at radius 2 is 2.07 bits per heavy atom. The van der Waals surface area contributed by atoms with Crippen LogP contribution in [0, 0.1) is 0 Å². The Kier molecular flexibility index (Phi) is 4.98. The minimum atomic E-state index is 0.544. The maximum absolute atomic E-state index is 5.50. The number of thiol groups is 1. The lowest BCUT2D eigenvalue weighted by molar-refractivity contribution is 0.353. The van der Waals surface area contributed by atoms with Crippen LogP contribution in [-0.4, -0.2) is 18.6 Å². The highest BCUT2D eigenvalue weighted by atomic mass is 32.2. The summed E-state index contributed by atoms with van der Waals surface area (Å²) in [4.78, 5) is 1.24. The molecule has 0 fully saturated rings. The van der Waals surface area contributed by atoms with Gasteiger partial charge >= 0.3 is 0 Å². The second-order valence-corrected chi connectivity index (χ2v) is 4.07. The summed E-state index contributed by atoms with van der Waals surface area (Å²) < 4.78 is 5.50. The predicted octanol–water partition coefficient (Wildman–Crippen LogP) is 3.27. The Morgan fingerprint density at radius 1 is 1.43 bits per heavy atom. The van der Waals surface area contributed by atoms with E-state index in [1.54, 1.807) is 11.8 Å². The first-order valence-corrected chi connectivity index (χ1v) is 6.16. The van der Waals surface area contributed by atoms with Gasteiger partial charge < -0.3 is 4.74 Å². The zero-order chi connectivity index (χ0) is 10.4. The summed E-state index contributed by atoms with van der Waals surface area (Å²) in [5.74, 6) is 1.55. The Labute approximate surface area is 95.0 Å². The maximum atomic E-state index is 5.50. The molecule has 0 saturated heterocycles. The predicted molar refractivity (Wildman–Crippen MR) is 66.7 cm³/mol. The van der Waals surface area contributed by atoms with Gasteiger partial charge in [-0.2, -0.15) is 12.6 Å². The van der Waals surface area contributed by atoms with Gasteiger partial charge in [0, 0.05) is 10.6 Å². The van der Waals surface area contributed by atoms with Crippen LogP contribution in [0.1, 0.15) is 0 Å². The van der Waals surface area contributed by atoms with Crippen molar-refractivity contribution in [2.24, 2.45) is 0 Å². The van der Waals surface area contributed by atoms with Crippen LogP contribution in [0.25, 0.3) is 0 Å². The summed E-state index contributed by atoms with van der Waals surface area (Å²) in [6.45, 7) is 4.36. The van der Waals surface area contributed by atoms with Crippen molar-refractivity contribution >= 4 is 24.4 Å². The van der Waals surface area contributed by atoms with E-state index in [0.717, 1.165) is 11.3 Å². The van der Waals surface area contributed by atoms with Crippen molar-refractivity contribution in [3.8, 4) is 5.75 Å². The van der Waals surface area contributed by atoms with Crippen molar-refractivity contribution in [2.45, 2.75) is 4.90 Å². The molecule has 0 heterocycles. The van der Waals surface area contributed by atoms with Crippen LogP contribution in [0.15, 0.2) is 41.3 Å². The first kappa shape index (κ1) is 11.5. The van der Waals surface area contributed by atoms with E-state index in [9.17, 15) is 0 Å². The third kappa shape index (κ3) is 3.68. The van der Waals surface area contributed by atoms with Crippen LogP contribution >= 0.6 is 24.4 Å². The number of hydrogen-bond donors (Lipinski definition) is 1. The molecule has 0 unspecified atom stereocenters. The fraction of sp³-hybridized carbons (Fsp3) is 0.273. The molecule has 0 amide bonds. The van der Waals surface area contributed by atoms with E-state index in [1.807, 2.05) is 24.3 Å². The summed E-state index contributed by atoms with van der Waals surface area (Å²) >= 11 is 5.83. The molecule has 1 rings (SSSR count). The van der Waals surface area contributed by atoms with Crippen molar-refractivity contribution in [2.75, 3.05) is 18.6 Å². The van der Waals surface area contributed by atoms with Crippen LogP contribution in [-0.2, 0) is 0 Å². The Hall–Kier alpha value is -0.540. The van der Waals surface area contributed by atoms with E-state index >= 15 is 0 Å². The molecule has 0 aliphatic rings. The van der Waals surface area contributed by atoms with E-state index in [2.05, 4.69) is 25.5 Å². The number of hydrogen-bond acceptors (Lipinski definition) is 3. The maximum Gasteiger partial charge on any atom is 0.119 e. The summed E-state index contributed by atoms with van der Waals surface area (Å²) in [5, 5.41) is 0. The van der Waals surface area contributed by atoms with E-state index in [-0.39, 0.29) is 0 Å². The Bertz CT molecular complexity index is 293. The molecule has 0 aromatic heterocycles. The van der Waals surface area contributed by atoms with E-state index in [4.69, 9.17) is 4.74 Å². The average molecular weight is 226 g/mol. The first-order valence-electron chi connectivity index (χ1n) is 4.30. The van der Waals surface area contributed by atoms with E-state index < -0.39 is 0 Å². The summed E-state index contributed by atoms with van der Waals surface area (Å²) in [6.07, 6.45) is 2.05. The van der Waals surface area contributed by atoms with Gasteiger partial charge in [0.15, 0.2) is 0 Å². The molecule has 3 heteroatoms. The summed E-state index contributed by atoms with van der Waals surface area (Å²) in [6, 6.07) is 8.03. The van der Waals surface area contributed by atoms with Gasteiger partial charge in [0.25, 0.3) is 0 Å². The molecule has 0 saturated carbocycles. The van der Waals surface area contributed by atoms with Crippen LogP contribution < -0.4 is 4.74 Å². The highest BCUT2D eigenvalue weighted by Gasteiger charge is 1.95. The lowest BCUT2D eigenvalue weighted by Crippen LogP contribution is -2.00. The largest absolute Gasteiger partial charge is 0.489 e. The number of benzene rings is 1. The van der Waals surface area contributed by atoms with E-state index in [0.29, 0.717) is 12.4 Å². The number of rotatable bonds is 5. The lowest BCUT2D eigenvalue weighted by atomic mass is 10.3. The molecule has 0 bridgehead atoms. The second kappa shape index (κ2) is 6.04. The van der Waals surface area contributed by atoms with Crippen molar-refractivity contribution < 1.29 is 4.74 Å². The molecule has 1 aromatic carbocycles. The molecule has 0 N–H and O–H groups in total. The smallest absolute Gasteiger partial charge is 0.119 e. The minimum absolute atomic E-state index is 0.544. The van der Waals surface area contributed by atoms with Crippen molar-refractivity contribution in [1.29, 1.82) is 0 Å². The molecule has 1 nitrogen and oxygen atoms in total. The fourth-order valence-corrected chi connectivity index (χ4v) is 1.40. The van der Waals surface area contributed by atoms with Crippen LogP contribution in [0.3, 0.4) is 0 Å². The molecular formula is C11H14OS2. The van der Waals surface area contributed by atoms with Gasteiger partial charge in [-0.15, -0.1) is 11.8 Å². The van der Waals surface area contributed by atoms with Gasteiger partial charge in [-0.1, -0.05) is 6.58 Å². The standard InChI is InChI=1S/C11H14OS2/c1-9(8-13)7-12-10-3-5-11(14-2)6-4-10/h3-6,13H,1,7-8H2,2H3. The quantitative estimate of drug-likeness (QED) is 0.469. The fourth-order valence-electron chi connectivity index (χ4n) is 0.903. The van der Waals surface area contributed by atoms with Crippen molar-refractivity contribution in [3.63, 3.8) is 0 Å². The monoisotopic (exact) mass is 226 g/mol. The zero-order valence-electron chi connectivity index (χ0n) is 8.19. The van der Waals surface area contributed by atoms with Crippen LogP contribution in [0.4, 0.5) is 0 Å². The number of thioether (sulfide) groups is 1. The summed E-state index contributed by atoms with van der Waals surface area (Å²) in [7, 11) is 0. The summed E-state index contributed by atoms with van der Waals surface area (Å²) in [5.41, 5.74) is 0.988. The Balaban J connectivity index is 2.47. The molecule has 76 valence electrons. The third-order valence-corrected chi connectivity index (χ3v) is 2.92. The molecule has 14 heavy (non-hydrogen) atoms. The average Bonchev–Trinajstić information content (AvgIpc) is 2.26. The van der Waals surface area contributed by atoms with Gasteiger partial charge in [-0.3, -0.25) is 0 Å². The van der Waals surface area contributed by atoms with Crippen LogP contribution in [0.5, 0.6) is 5.75 Å². The molecular weight excluding hydrogens is 212 g/mol. The normalized spacial score (nSPS) is 9.86. The Morgan fingerprint density at radius 3 is 2.57 bits per heavy atom. The van der Waals surface area contributed by atoms with Crippen LogP contribution in [0.2, 0.25) is 0 Å². The zero-order valence-corrected chi connectivity index (χ0v) is 9.91. The van der Waals surface area contributed by atoms with Crippen molar-refractivity contribution in [3.05, 3.63) is 36.4 Å². The van der Waals surface area contributed by atoms with Gasteiger partial charge in [0.1, 0.15) is 12.4 Å². The number of ether oxygens (including phenoxy) is 1. The van der Waals surface area contributed by atoms with Gasteiger partial charge in [0.05, 0.1) is 0 Å². The SMILES string of the molecule is C=C(CS)COc1ccc(SC)cc1. The molecule has 0 spiro atoms. The van der Waals surface area contributed by atoms with Crippen molar-refractivity contribution in [1.82, 2.24) is 0 Å². The second-order valence-electron chi connectivity index (χ2n) is 2.87. The molecule has 0 aliphatic heterocycles. The first-order chi connectivity index (χ1) is 6.76. The lowest BCUT2D eigenvalue weighted by Gasteiger charge is -2.06. The highest BCUT2D eigenvalue weighted by Crippen LogP contribution is 2.19. The minimum Gasteiger partial charge on any atom is -0.489 e. The molecule has 0 atom stereocenters. The molecule has 0 radical (unpaired) electrons. The van der Waals surface area contributed by atoms with E-state index in [1.165, 1.54) is 4.90 Å². The van der Waals surface area contributed by atoms with Gasteiger partial charge in [0.2, 0.25) is 0 Å². The molecule has 1 aromatic rings.